The number of carbonyl (C=O) groups excluding carboxylic acids is 1. The van der Waals surface area contributed by atoms with E-state index in [1.165, 1.54) is 22.3 Å². The first kappa shape index (κ1) is 25.4. The van der Waals surface area contributed by atoms with Gasteiger partial charge >= 0.3 is 0 Å². The Balaban J connectivity index is 1.34. The number of hydrogen-bond acceptors (Lipinski definition) is 3. The second kappa shape index (κ2) is 8.84. The van der Waals surface area contributed by atoms with Crippen molar-refractivity contribution >= 4 is 5.78 Å². The van der Waals surface area contributed by atoms with Crippen LogP contribution in [-0.4, -0.2) is 12.9 Å². The Labute approximate surface area is 231 Å². The molecule has 0 aromatic heterocycles. The van der Waals surface area contributed by atoms with Crippen LogP contribution in [0.5, 0.6) is 17.2 Å². The van der Waals surface area contributed by atoms with Crippen molar-refractivity contribution in [2.45, 2.75) is 63.7 Å². The van der Waals surface area contributed by atoms with Crippen molar-refractivity contribution in [2.75, 3.05) is 7.11 Å². The number of benzene rings is 4. The third-order valence-corrected chi connectivity index (χ3v) is 8.86. The monoisotopic (exact) mass is 516 g/mol. The normalized spacial score (nSPS) is 19.9. The van der Waals surface area contributed by atoms with Gasteiger partial charge in [-0.3, -0.25) is 4.79 Å². The lowest BCUT2D eigenvalue weighted by molar-refractivity contribution is 0.103. The van der Waals surface area contributed by atoms with Gasteiger partial charge in [0.15, 0.2) is 5.78 Å². The Morgan fingerprint density at radius 3 is 1.62 bits per heavy atom. The van der Waals surface area contributed by atoms with Gasteiger partial charge in [0.1, 0.15) is 17.2 Å². The van der Waals surface area contributed by atoms with Crippen molar-refractivity contribution in [3.05, 3.63) is 124 Å². The summed E-state index contributed by atoms with van der Waals surface area (Å²) in [6.07, 6.45) is 2.11. The van der Waals surface area contributed by atoms with Crippen LogP contribution in [0.15, 0.2) is 84.9 Å². The van der Waals surface area contributed by atoms with Gasteiger partial charge in [0.2, 0.25) is 0 Å². The Bertz CT molecular complexity index is 1570. The van der Waals surface area contributed by atoms with Crippen molar-refractivity contribution in [3.8, 4) is 17.2 Å². The maximum absolute atomic E-state index is 12.9. The first-order chi connectivity index (χ1) is 18.5. The van der Waals surface area contributed by atoms with E-state index in [0.29, 0.717) is 11.1 Å². The number of fused-ring (bicyclic) bond motifs is 4. The molecule has 0 N–H and O–H groups in total. The highest BCUT2D eigenvalue weighted by molar-refractivity contribution is 6.09. The molecule has 0 aliphatic heterocycles. The van der Waals surface area contributed by atoms with Gasteiger partial charge in [-0.15, -0.1) is 0 Å². The molecule has 0 fully saturated rings. The summed E-state index contributed by atoms with van der Waals surface area (Å²) < 4.78 is 12.0. The van der Waals surface area contributed by atoms with Gasteiger partial charge in [-0.2, -0.15) is 0 Å². The van der Waals surface area contributed by atoms with Crippen LogP contribution in [0.3, 0.4) is 0 Å². The zero-order chi connectivity index (χ0) is 27.6. The molecule has 4 aromatic carbocycles. The summed E-state index contributed by atoms with van der Waals surface area (Å²) in [5.41, 5.74) is 8.05. The molecule has 0 amide bonds. The average Bonchev–Trinajstić information content (AvgIpc) is 3.28. The van der Waals surface area contributed by atoms with Crippen LogP contribution in [0.4, 0.5) is 0 Å². The van der Waals surface area contributed by atoms with Crippen LogP contribution in [0.2, 0.25) is 0 Å². The van der Waals surface area contributed by atoms with E-state index in [1.807, 2.05) is 55.5 Å². The van der Waals surface area contributed by atoms with E-state index in [0.717, 1.165) is 35.7 Å². The molecule has 1 atom stereocenters. The molecule has 6 rings (SSSR count). The molecule has 1 unspecified atom stereocenters. The standard InChI is InChI=1S/C36H36O3/c1-23-7-9-24(10-8-23)33(37)25-11-13-26(14-12-25)39-28-16-18-30-32(20-28)36(22-35(30,4)5)21-34(2,3)29-17-15-27(38-6)19-31(29)36/h7-20H,21-22H2,1-6H3. The lowest BCUT2D eigenvalue weighted by Gasteiger charge is -2.30. The third kappa shape index (κ3) is 4.16. The van der Waals surface area contributed by atoms with Gasteiger partial charge < -0.3 is 9.47 Å². The predicted molar refractivity (Wildman–Crippen MR) is 157 cm³/mol. The lowest BCUT2D eigenvalue weighted by Crippen LogP contribution is -2.27. The van der Waals surface area contributed by atoms with E-state index in [4.69, 9.17) is 9.47 Å². The summed E-state index contributed by atoms with van der Waals surface area (Å²) in [6, 6.07) is 28.3. The molecule has 3 heteroatoms. The molecular formula is C36H36O3. The summed E-state index contributed by atoms with van der Waals surface area (Å²) in [5, 5.41) is 0. The van der Waals surface area contributed by atoms with Gasteiger partial charge in [-0.1, -0.05) is 69.7 Å². The molecule has 39 heavy (non-hydrogen) atoms. The van der Waals surface area contributed by atoms with Crippen molar-refractivity contribution in [1.82, 2.24) is 0 Å². The van der Waals surface area contributed by atoms with Crippen LogP contribution >= 0.6 is 0 Å². The average molecular weight is 517 g/mol. The Kier molecular flexibility index (Phi) is 5.77. The first-order valence-corrected chi connectivity index (χ1v) is 13.8. The molecule has 198 valence electrons. The fourth-order valence-electron chi connectivity index (χ4n) is 7.18. The van der Waals surface area contributed by atoms with Gasteiger partial charge in [0, 0.05) is 16.5 Å². The van der Waals surface area contributed by atoms with Crippen LogP contribution < -0.4 is 9.47 Å². The maximum Gasteiger partial charge on any atom is 0.193 e. The molecule has 2 aliphatic carbocycles. The third-order valence-electron chi connectivity index (χ3n) is 8.86. The highest BCUT2D eigenvalue weighted by atomic mass is 16.5. The molecule has 0 bridgehead atoms. The van der Waals surface area contributed by atoms with Gasteiger partial charge in [0.05, 0.1) is 7.11 Å². The molecule has 3 nitrogen and oxygen atoms in total. The highest BCUT2D eigenvalue weighted by Gasteiger charge is 2.56. The molecule has 0 saturated carbocycles. The summed E-state index contributed by atoms with van der Waals surface area (Å²) >= 11 is 0. The van der Waals surface area contributed by atoms with Crippen LogP contribution in [0, 0.1) is 6.92 Å². The quantitative estimate of drug-likeness (QED) is 0.249. The number of carbonyl (C=O) groups is 1. The Morgan fingerprint density at radius 1 is 0.615 bits per heavy atom. The minimum absolute atomic E-state index is 0.0150. The topological polar surface area (TPSA) is 35.5 Å². The summed E-state index contributed by atoms with van der Waals surface area (Å²) in [4.78, 5) is 12.9. The fourth-order valence-corrected chi connectivity index (χ4v) is 7.18. The highest BCUT2D eigenvalue weighted by Crippen LogP contribution is 2.63. The van der Waals surface area contributed by atoms with Gasteiger partial charge in [-0.25, -0.2) is 0 Å². The first-order valence-electron chi connectivity index (χ1n) is 13.8. The minimum Gasteiger partial charge on any atom is -0.497 e. The number of hydrogen-bond donors (Lipinski definition) is 0. The van der Waals surface area contributed by atoms with E-state index < -0.39 is 0 Å². The molecule has 4 aromatic rings. The summed E-state index contributed by atoms with van der Waals surface area (Å²) in [5.74, 6) is 2.46. The lowest BCUT2D eigenvalue weighted by atomic mass is 9.72. The molecule has 1 spiro atoms. The minimum atomic E-state index is -0.0874. The second-order valence-electron chi connectivity index (χ2n) is 12.6. The zero-order valence-corrected chi connectivity index (χ0v) is 23.7. The Morgan fingerprint density at radius 2 is 1.08 bits per heavy atom. The molecule has 0 heterocycles. The van der Waals surface area contributed by atoms with E-state index in [-0.39, 0.29) is 22.0 Å². The van der Waals surface area contributed by atoms with E-state index in [2.05, 4.69) is 64.1 Å². The smallest absolute Gasteiger partial charge is 0.193 e. The fraction of sp³-hybridized carbons (Fsp3) is 0.306. The summed E-state index contributed by atoms with van der Waals surface area (Å²) in [7, 11) is 1.74. The van der Waals surface area contributed by atoms with Gasteiger partial charge in [0.25, 0.3) is 0 Å². The molecule has 0 radical (unpaired) electrons. The van der Waals surface area contributed by atoms with Crippen LogP contribution in [0.1, 0.15) is 84.3 Å². The molecule has 2 aliphatic rings. The van der Waals surface area contributed by atoms with Crippen molar-refractivity contribution in [3.63, 3.8) is 0 Å². The second-order valence-corrected chi connectivity index (χ2v) is 12.6. The number of rotatable bonds is 5. The molecular weight excluding hydrogens is 480 g/mol. The SMILES string of the molecule is COc1ccc2c(c1)C1(CC2(C)C)CC(C)(C)c2ccc(Oc3ccc(C(=O)c4ccc(C)cc4)cc3)cc21. The largest absolute Gasteiger partial charge is 0.497 e. The summed E-state index contributed by atoms with van der Waals surface area (Å²) in [6.45, 7) is 11.5. The predicted octanol–water partition coefficient (Wildman–Crippen LogP) is 8.68. The van der Waals surface area contributed by atoms with Crippen molar-refractivity contribution < 1.29 is 14.3 Å². The van der Waals surface area contributed by atoms with Crippen molar-refractivity contribution in [2.24, 2.45) is 0 Å². The van der Waals surface area contributed by atoms with E-state index in [1.54, 1.807) is 7.11 Å². The van der Waals surface area contributed by atoms with E-state index >= 15 is 0 Å². The molecule has 0 saturated heterocycles. The number of ether oxygens (including phenoxy) is 2. The van der Waals surface area contributed by atoms with Crippen LogP contribution in [-0.2, 0) is 16.2 Å². The van der Waals surface area contributed by atoms with Crippen molar-refractivity contribution in [1.29, 1.82) is 0 Å². The number of ketones is 1. The number of methoxy groups -OCH3 is 1. The Hall–Kier alpha value is -3.85. The maximum atomic E-state index is 12.9. The van der Waals surface area contributed by atoms with Crippen LogP contribution in [0.25, 0.3) is 0 Å². The zero-order valence-electron chi connectivity index (χ0n) is 23.7. The van der Waals surface area contributed by atoms with E-state index in [9.17, 15) is 4.79 Å². The number of aryl methyl sites for hydroxylation is 1. The van der Waals surface area contributed by atoms with Gasteiger partial charge in [-0.05, 0) is 101 Å².